The van der Waals surface area contributed by atoms with Crippen LogP contribution in [-0.2, 0) is 6.54 Å². The number of fused-ring (bicyclic) bond motifs is 1. The van der Waals surface area contributed by atoms with Gasteiger partial charge in [0.2, 0.25) is 0 Å². The first-order valence-electron chi connectivity index (χ1n) is 5.64. The van der Waals surface area contributed by atoms with E-state index in [-0.39, 0.29) is 0 Å². The Hall–Kier alpha value is -1.51. The zero-order valence-corrected chi connectivity index (χ0v) is 11.1. The van der Waals surface area contributed by atoms with Gasteiger partial charge in [0.05, 0.1) is 11.2 Å². The summed E-state index contributed by atoms with van der Waals surface area (Å²) in [5.74, 6) is 0. The van der Waals surface area contributed by atoms with Gasteiger partial charge in [-0.3, -0.25) is 0 Å². The quantitative estimate of drug-likeness (QED) is 0.633. The lowest BCUT2D eigenvalue weighted by Crippen LogP contribution is -2.39. The molecule has 0 bridgehead atoms. The number of benzene rings is 1. The minimum atomic E-state index is 0.661. The van der Waals surface area contributed by atoms with Gasteiger partial charge in [-0.05, 0) is 30.3 Å². The van der Waals surface area contributed by atoms with E-state index in [2.05, 4.69) is 21.3 Å². The third-order valence-corrected chi connectivity index (χ3v) is 3.50. The molecule has 0 amide bonds. The number of nitrogens with zero attached hydrogens (tertiary/aromatic N) is 2. The summed E-state index contributed by atoms with van der Waals surface area (Å²) < 4.78 is 4.19. The lowest BCUT2D eigenvalue weighted by atomic mass is 10.2. The second kappa shape index (κ2) is 4.63. The highest BCUT2D eigenvalue weighted by molar-refractivity contribution is 6.35. The minimum Gasteiger partial charge on any atom is -0.128 e. The van der Waals surface area contributed by atoms with Gasteiger partial charge in [0.15, 0.2) is 12.7 Å². The SMILES string of the molecule is Clc1ccc(C[n+]2ccc3ccccn32)c(Cl)c1. The maximum Gasteiger partial charge on any atom is 0.199 e. The smallest absolute Gasteiger partial charge is 0.128 e. The molecule has 0 saturated heterocycles. The molecule has 0 unspecified atom stereocenters. The molecule has 1 aromatic carbocycles. The highest BCUT2D eigenvalue weighted by Crippen LogP contribution is 2.20. The predicted molar refractivity (Wildman–Crippen MR) is 73.2 cm³/mol. The number of rotatable bonds is 2. The maximum absolute atomic E-state index is 6.19. The molecule has 0 aliphatic rings. The van der Waals surface area contributed by atoms with E-state index in [4.69, 9.17) is 23.2 Å². The van der Waals surface area contributed by atoms with Crippen LogP contribution in [0.5, 0.6) is 0 Å². The summed E-state index contributed by atoms with van der Waals surface area (Å²) in [5.41, 5.74) is 2.21. The summed E-state index contributed by atoms with van der Waals surface area (Å²) in [6.45, 7) is 0.716. The Balaban J connectivity index is 2.01. The van der Waals surface area contributed by atoms with Crippen LogP contribution >= 0.6 is 23.2 Å². The largest absolute Gasteiger partial charge is 0.199 e. The van der Waals surface area contributed by atoms with Crippen LogP contribution < -0.4 is 4.68 Å². The van der Waals surface area contributed by atoms with Crippen molar-refractivity contribution in [3.8, 4) is 0 Å². The highest BCUT2D eigenvalue weighted by Gasteiger charge is 2.11. The van der Waals surface area contributed by atoms with Crippen LogP contribution in [0.1, 0.15) is 5.56 Å². The molecular formula is C14H11Cl2N2+. The molecule has 2 nitrogen and oxygen atoms in total. The van der Waals surface area contributed by atoms with Crippen molar-refractivity contribution >= 4 is 28.7 Å². The van der Waals surface area contributed by atoms with E-state index in [1.807, 2.05) is 36.7 Å². The van der Waals surface area contributed by atoms with E-state index in [1.165, 1.54) is 0 Å². The molecule has 4 heteroatoms. The highest BCUT2D eigenvalue weighted by atomic mass is 35.5. The van der Waals surface area contributed by atoms with Crippen molar-refractivity contribution in [1.82, 2.24) is 4.52 Å². The molecule has 0 aliphatic heterocycles. The summed E-state index contributed by atoms with van der Waals surface area (Å²) in [4.78, 5) is 0. The first-order valence-corrected chi connectivity index (χ1v) is 6.39. The van der Waals surface area contributed by atoms with Crippen molar-refractivity contribution < 1.29 is 4.68 Å². The number of aromatic nitrogens is 2. The normalized spacial score (nSPS) is 11.0. The van der Waals surface area contributed by atoms with Gasteiger partial charge in [-0.2, -0.15) is 0 Å². The molecular weight excluding hydrogens is 267 g/mol. The van der Waals surface area contributed by atoms with E-state index in [1.54, 1.807) is 6.07 Å². The standard InChI is InChI=1S/C14H11Cl2N2/c15-12-5-4-11(14(16)9-12)10-17-8-6-13-3-1-2-7-18(13)17/h1-9H,10H2/q+1. The van der Waals surface area contributed by atoms with Crippen molar-refractivity contribution in [2.75, 3.05) is 0 Å². The molecule has 0 fully saturated rings. The van der Waals surface area contributed by atoms with Crippen LogP contribution in [0.25, 0.3) is 5.52 Å². The molecule has 3 rings (SSSR count). The molecule has 0 atom stereocenters. The van der Waals surface area contributed by atoms with Crippen molar-refractivity contribution in [3.63, 3.8) is 0 Å². The van der Waals surface area contributed by atoms with Crippen LogP contribution in [-0.4, -0.2) is 4.52 Å². The summed E-state index contributed by atoms with van der Waals surface area (Å²) >= 11 is 12.1. The van der Waals surface area contributed by atoms with E-state index >= 15 is 0 Å². The zero-order valence-electron chi connectivity index (χ0n) is 9.55. The summed E-state index contributed by atoms with van der Waals surface area (Å²) in [7, 11) is 0. The van der Waals surface area contributed by atoms with Crippen molar-refractivity contribution in [3.05, 3.63) is 70.5 Å². The predicted octanol–water partition coefficient (Wildman–Crippen LogP) is 3.58. The van der Waals surface area contributed by atoms with Gasteiger partial charge in [0.25, 0.3) is 0 Å². The third kappa shape index (κ3) is 2.09. The van der Waals surface area contributed by atoms with Crippen molar-refractivity contribution in [2.24, 2.45) is 0 Å². The van der Waals surface area contributed by atoms with Crippen LogP contribution in [0.15, 0.2) is 54.9 Å². The van der Waals surface area contributed by atoms with Crippen LogP contribution in [0.2, 0.25) is 10.0 Å². The Labute approximate surface area is 115 Å². The van der Waals surface area contributed by atoms with Gasteiger partial charge >= 0.3 is 0 Å². The average molecular weight is 278 g/mol. The fraction of sp³-hybridized carbons (Fsp3) is 0.0714. The summed E-state index contributed by atoms with van der Waals surface area (Å²) in [5, 5.41) is 1.36. The molecule has 18 heavy (non-hydrogen) atoms. The topological polar surface area (TPSA) is 8.29 Å². The molecule has 0 radical (unpaired) electrons. The van der Waals surface area contributed by atoms with Gasteiger partial charge in [-0.25, -0.2) is 0 Å². The van der Waals surface area contributed by atoms with Crippen molar-refractivity contribution in [2.45, 2.75) is 6.54 Å². The lowest BCUT2D eigenvalue weighted by Gasteiger charge is -2.01. The summed E-state index contributed by atoms with van der Waals surface area (Å²) in [6.07, 6.45) is 4.07. The lowest BCUT2D eigenvalue weighted by molar-refractivity contribution is -0.752. The Morgan fingerprint density at radius 1 is 1.06 bits per heavy atom. The molecule has 0 N–H and O–H groups in total. The van der Waals surface area contributed by atoms with Gasteiger partial charge < -0.3 is 0 Å². The fourth-order valence-corrected chi connectivity index (χ4v) is 2.47. The fourth-order valence-electron chi connectivity index (χ4n) is 2.00. The second-order valence-corrected chi connectivity index (χ2v) is 4.96. The number of hydrogen-bond donors (Lipinski definition) is 0. The van der Waals surface area contributed by atoms with Crippen molar-refractivity contribution in [1.29, 1.82) is 0 Å². The maximum atomic E-state index is 6.19. The Bertz CT molecular complexity index is 704. The van der Waals surface area contributed by atoms with Crippen LogP contribution in [0, 0.1) is 0 Å². The molecule has 0 saturated carbocycles. The molecule has 2 heterocycles. The van der Waals surface area contributed by atoms with E-state index in [0.29, 0.717) is 16.6 Å². The minimum absolute atomic E-state index is 0.661. The monoisotopic (exact) mass is 277 g/mol. The Morgan fingerprint density at radius 2 is 1.94 bits per heavy atom. The molecule has 90 valence electrons. The second-order valence-electron chi connectivity index (χ2n) is 4.12. The first-order chi connectivity index (χ1) is 8.74. The molecule has 0 spiro atoms. The van der Waals surface area contributed by atoms with E-state index in [9.17, 15) is 0 Å². The van der Waals surface area contributed by atoms with Crippen LogP contribution in [0.3, 0.4) is 0 Å². The number of hydrogen-bond acceptors (Lipinski definition) is 0. The zero-order chi connectivity index (χ0) is 12.5. The van der Waals surface area contributed by atoms with Gasteiger partial charge in [0, 0.05) is 16.7 Å². The number of pyridine rings is 1. The Kier molecular flexibility index (Phi) is 2.98. The van der Waals surface area contributed by atoms with Gasteiger partial charge in [-0.1, -0.05) is 29.3 Å². The average Bonchev–Trinajstić information content (AvgIpc) is 2.76. The molecule has 2 aromatic heterocycles. The number of halogens is 2. The first kappa shape index (κ1) is 11.6. The van der Waals surface area contributed by atoms with Crippen LogP contribution in [0.4, 0.5) is 0 Å². The van der Waals surface area contributed by atoms with Gasteiger partial charge in [-0.15, -0.1) is 9.20 Å². The van der Waals surface area contributed by atoms with Gasteiger partial charge in [0.1, 0.15) is 5.52 Å². The molecule has 0 aliphatic carbocycles. The third-order valence-electron chi connectivity index (χ3n) is 2.91. The summed E-state index contributed by atoms with van der Waals surface area (Å²) in [6, 6.07) is 13.8. The Morgan fingerprint density at radius 3 is 2.78 bits per heavy atom. The molecule has 3 aromatic rings. The van der Waals surface area contributed by atoms with E-state index < -0.39 is 0 Å². The van der Waals surface area contributed by atoms with E-state index in [0.717, 1.165) is 11.1 Å².